The van der Waals surface area contributed by atoms with Gasteiger partial charge in [-0.05, 0) is 12.8 Å². The van der Waals surface area contributed by atoms with Crippen LogP contribution in [0.25, 0.3) is 10.8 Å². The zero-order valence-electron chi connectivity index (χ0n) is 18.3. The molecule has 1 unspecified atom stereocenters. The molecule has 1 atom stereocenters. The van der Waals surface area contributed by atoms with Crippen molar-refractivity contribution >= 4 is 22.8 Å². The largest absolute Gasteiger partial charge is 0.490 e. The van der Waals surface area contributed by atoms with Crippen molar-refractivity contribution in [2.75, 3.05) is 39.6 Å². The van der Waals surface area contributed by atoms with Gasteiger partial charge < -0.3 is 29.0 Å². The molecule has 2 aromatic rings. The van der Waals surface area contributed by atoms with Crippen LogP contribution in [0.1, 0.15) is 11.1 Å². The van der Waals surface area contributed by atoms with Gasteiger partial charge in [0.25, 0.3) is 0 Å². The lowest BCUT2D eigenvalue weighted by Gasteiger charge is -2.23. The molecule has 2 aliphatic rings. The lowest BCUT2D eigenvalue weighted by molar-refractivity contribution is -0.139. The molecule has 4 rings (SSSR count). The number of carbonyl (C=O) groups excluding carboxylic acids is 2. The Morgan fingerprint density at radius 2 is 1.76 bits per heavy atom. The Morgan fingerprint density at radius 1 is 1.06 bits per heavy atom. The van der Waals surface area contributed by atoms with Gasteiger partial charge in [0.15, 0.2) is 0 Å². The summed E-state index contributed by atoms with van der Waals surface area (Å²) in [5, 5.41) is 4.44. The average molecular weight is 453 g/mol. The minimum Gasteiger partial charge on any atom is -0.490 e. The number of fused-ring (bicyclic) bond motifs is 2. The smallest absolute Gasteiger partial charge is 0.412 e. The van der Waals surface area contributed by atoms with E-state index >= 15 is 0 Å². The van der Waals surface area contributed by atoms with Crippen LogP contribution in [0.5, 0.6) is 11.5 Å². The van der Waals surface area contributed by atoms with Crippen LogP contribution in [-0.4, -0.2) is 57.7 Å². The number of benzene rings is 2. The Kier molecular flexibility index (Phi) is 7.59. The minimum absolute atomic E-state index is 0.127. The minimum atomic E-state index is -0.557. The zero-order valence-corrected chi connectivity index (χ0v) is 18.3. The number of hydrogen-bond donors (Lipinski definition) is 1. The molecule has 0 aromatic heterocycles. The normalized spacial score (nSPS) is 16.1. The Balaban J connectivity index is 1.41. The number of epoxide rings is 1. The highest BCUT2D eigenvalue weighted by Gasteiger charge is 2.27. The Hall–Kier alpha value is -3.36. The maximum atomic E-state index is 12.5. The third kappa shape index (κ3) is 5.91. The Labute approximate surface area is 192 Å². The van der Waals surface area contributed by atoms with Crippen LogP contribution in [0, 0.1) is 0 Å². The monoisotopic (exact) mass is 453 g/mol. The van der Waals surface area contributed by atoms with Gasteiger partial charge in [-0.25, -0.2) is 9.59 Å². The van der Waals surface area contributed by atoms with E-state index in [1.54, 1.807) is 0 Å². The van der Waals surface area contributed by atoms with E-state index in [9.17, 15) is 9.59 Å². The quantitative estimate of drug-likeness (QED) is 0.184. The summed E-state index contributed by atoms with van der Waals surface area (Å²) in [7, 11) is 0. The molecule has 1 heterocycles. The summed E-state index contributed by atoms with van der Waals surface area (Å²) >= 11 is 0. The summed E-state index contributed by atoms with van der Waals surface area (Å²) in [5.74, 6) is 0.886. The Morgan fingerprint density at radius 3 is 2.45 bits per heavy atom. The van der Waals surface area contributed by atoms with Crippen LogP contribution in [0.15, 0.2) is 49.1 Å². The topological polar surface area (TPSA) is 95.6 Å². The molecular formula is C25H27NO7. The first-order valence-corrected chi connectivity index (χ1v) is 11.0. The molecule has 1 N–H and O–H groups in total. The summed E-state index contributed by atoms with van der Waals surface area (Å²) in [6.45, 7) is 5.43. The van der Waals surface area contributed by atoms with Gasteiger partial charge in [-0.2, -0.15) is 0 Å². The molecule has 1 amide bonds. The van der Waals surface area contributed by atoms with Crippen molar-refractivity contribution in [3.05, 3.63) is 60.2 Å². The molecule has 1 aliphatic heterocycles. The standard InChI is InChI=1S/C25H27NO7/c1-2-22(27)30-14-13-29-12-11-26-25(28)33-24-20-9-5-3-7-18(20)23(32-16-17-15-31-17)19-8-4-6-10-21(19)24/h2-7,9,17H,1,8,10-16H2,(H,26,28). The lowest BCUT2D eigenvalue weighted by Crippen LogP contribution is -2.31. The van der Waals surface area contributed by atoms with Crippen LogP contribution in [-0.2, 0) is 31.8 Å². The molecule has 2 aromatic carbocycles. The van der Waals surface area contributed by atoms with Crippen molar-refractivity contribution in [3.63, 3.8) is 0 Å². The first kappa shape index (κ1) is 22.8. The van der Waals surface area contributed by atoms with Crippen LogP contribution in [0.2, 0.25) is 0 Å². The highest BCUT2D eigenvalue weighted by Crippen LogP contribution is 2.43. The number of esters is 1. The SMILES string of the molecule is C=CC(=O)OCCOCCNC(=O)Oc1c2c(c(OCC3CO3)c3ccccc13)CC=CC2. The van der Waals surface area contributed by atoms with Gasteiger partial charge >= 0.3 is 12.1 Å². The fourth-order valence-corrected chi connectivity index (χ4v) is 3.65. The van der Waals surface area contributed by atoms with Crippen molar-refractivity contribution in [3.8, 4) is 11.5 Å². The molecule has 1 fully saturated rings. The van der Waals surface area contributed by atoms with E-state index in [0.29, 0.717) is 25.2 Å². The third-order valence-corrected chi connectivity index (χ3v) is 5.30. The van der Waals surface area contributed by atoms with E-state index in [2.05, 4.69) is 24.0 Å². The predicted molar refractivity (Wildman–Crippen MR) is 122 cm³/mol. The molecule has 0 spiro atoms. The number of hydrogen-bond acceptors (Lipinski definition) is 7. The molecule has 1 saturated heterocycles. The van der Waals surface area contributed by atoms with Crippen molar-refractivity contribution in [2.45, 2.75) is 18.9 Å². The lowest BCUT2D eigenvalue weighted by atomic mass is 9.90. The van der Waals surface area contributed by atoms with E-state index in [1.807, 2.05) is 24.3 Å². The zero-order chi connectivity index (χ0) is 23.0. The molecule has 0 bridgehead atoms. The average Bonchev–Trinajstić information content (AvgIpc) is 3.67. The van der Waals surface area contributed by atoms with Crippen LogP contribution in [0.3, 0.4) is 0 Å². The van der Waals surface area contributed by atoms with E-state index in [-0.39, 0.29) is 32.5 Å². The summed E-state index contributed by atoms with van der Waals surface area (Å²) in [4.78, 5) is 23.5. The molecule has 0 radical (unpaired) electrons. The maximum absolute atomic E-state index is 12.5. The second-order valence-corrected chi connectivity index (χ2v) is 7.61. The molecule has 0 saturated carbocycles. The van der Waals surface area contributed by atoms with Gasteiger partial charge in [-0.3, -0.25) is 0 Å². The summed E-state index contributed by atoms with van der Waals surface area (Å²) in [6.07, 6.45) is 6.23. The highest BCUT2D eigenvalue weighted by atomic mass is 16.6. The molecule has 1 aliphatic carbocycles. The van der Waals surface area contributed by atoms with Gasteiger partial charge in [0.05, 0.1) is 19.8 Å². The molecular weight excluding hydrogens is 426 g/mol. The summed E-state index contributed by atoms with van der Waals surface area (Å²) in [5.41, 5.74) is 2.00. The number of allylic oxidation sites excluding steroid dienone is 2. The number of carbonyl (C=O) groups is 2. The molecule has 174 valence electrons. The second-order valence-electron chi connectivity index (χ2n) is 7.61. The highest BCUT2D eigenvalue weighted by molar-refractivity contribution is 5.97. The van der Waals surface area contributed by atoms with Crippen molar-refractivity contribution in [1.82, 2.24) is 5.32 Å². The second kappa shape index (κ2) is 11.0. The van der Waals surface area contributed by atoms with Gasteiger partial charge in [0.1, 0.15) is 30.8 Å². The van der Waals surface area contributed by atoms with E-state index in [1.165, 1.54) is 0 Å². The Bertz CT molecular complexity index is 1060. The first-order chi connectivity index (χ1) is 16.2. The molecule has 33 heavy (non-hydrogen) atoms. The first-order valence-electron chi connectivity index (χ1n) is 11.0. The number of nitrogens with one attached hydrogen (secondary N) is 1. The molecule has 8 heteroatoms. The number of amides is 1. The third-order valence-electron chi connectivity index (χ3n) is 5.30. The van der Waals surface area contributed by atoms with Crippen molar-refractivity contribution in [1.29, 1.82) is 0 Å². The van der Waals surface area contributed by atoms with Gasteiger partial charge in [0, 0.05) is 34.5 Å². The van der Waals surface area contributed by atoms with Gasteiger partial charge in [-0.15, -0.1) is 0 Å². The summed E-state index contributed by atoms with van der Waals surface area (Å²) in [6, 6.07) is 7.78. The predicted octanol–water partition coefficient (Wildman–Crippen LogP) is 3.11. The van der Waals surface area contributed by atoms with E-state index < -0.39 is 12.1 Å². The van der Waals surface area contributed by atoms with Crippen molar-refractivity contribution in [2.24, 2.45) is 0 Å². The molecule has 8 nitrogen and oxygen atoms in total. The fourth-order valence-electron chi connectivity index (χ4n) is 3.65. The van der Waals surface area contributed by atoms with Crippen molar-refractivity contribution < 1.29 is 33.3 Å². The summed E-state index contributed by atoms with van der Waals surface area (Å²) < 4.78 is 27.4. The van der Waals surface area contributed by atoms with Gasteiger partial charge in [0.2, 0.25) is 0 Å². The van der Waals surface area contributed by atoms with E-state index in [4.69, 9.17) is 23.7 Å². The number of rotatable bonds is 11. The van der Waals surface area contributed by atoms with Crippen LogP contribution >= 0.6 is 0 Å². The number of ether oxygens (including phenoxy) is 5. The van der Waals surface area contributed by atoms with Crippen LogP contribution in [0.4, 0.5) is 4.79 Å². The van der Waals surface area contributed by atoms with E-state index in [0.717, 1.165) is 40.3 Å². The van der Waals surface area contributed by atoms with Gasteiger partial charge in [-0.1, -0.05) is 43.0 Å². The fraction of sp³-hybridized carbons (Fsp3) is 0.360. The maximum Gasteiger partial charge on any atom is 0.412 e. The van der Waals surface area contributed by atoms with Crippen LogP contribution < -0.4 is 14.8 Å².